The molecule has 17 heavy (non-hydrogen) atoms. The standard InChI is InChI=1S/C12H19N5/c1-3-4-5-17-9-10(2)16-12(17)13-6-11-7-14-15-8-11/h7-9H,3-6H2,1-2H3,(H,13,16)(H,14,15). The Hall–Kier alpha value is -1.78. The van der Waals surface area contributed by atoms with Gasteiger partial charge < -0.3 is 9.88 Å². The highest BCUT2D eigenvalue weighted by Crippen LogP contribution is 2.11. The zero-order chi connectivity index (χ0) is 12.1. The van der Waals surface area contributed by atoms with Gasteiger partial charge >= 0.3 is 0 Å². The summed E-state index contributed by atoms with van der Waals surface area (Å²) in [6, 6.07) is 0. The first kappa shape index (κ1) is 11.7. The van der Waals surface area contributed by atoms with E-state index in [1.165, 1.54) is 12.8 Å². The lowest BCUT2D eigenvalue weighted by Gasteiger charge is -2.08. The Bertz CT molecular complexity index is 443. The molecule has 0 aliphatic heterocycles. The van der Waals surface area contributed by atoms with E-state index in [-0.39, 0.29) is 0 Å². The monoisotopic (exact) mass is 233 g/mol. The minimum Gasteiger partial charge on any atom is -0.351 e. The summed E-state index contributed by atoms with van der Waals surface area (Å²) >= 11 is 0. The second-order valence-corrected chi connectivity index (χ2v) is 4.21. The van der Waals surface area contributed by atoms with E-state index >= 15 is 0 Å². The highest BCUT2D eigenvalue weighted by molar-refractivity contribution is 5.30. The molecular formula is C12H19N5. The van der Waals surface area contributed by atoms with Crippen molar-refractivity contribution in [3.63, 3.8) is 0 Å². The number of rotatable bonds is 6. The van der Waals surface area contributed by atoms with Crippen LogP contribution < -0.4 is 5.32 Å². The Kier molecular flexibility index (Phi) is 3.80. The lowest BCUT2D eigenvalue weighted by molar-refractivity contribution is 0.634. The average molecular weight is 233 g/mol. The van der Waals surface area contributed by atoms with Crippen molar-refractivity contribution in [1.29, 1.82) is 0 Å². The summed E-state index contributed by atoms with van der Waals surface area (Å²) in [6.45, 7) is 5.98. The summed E-state index contributed by atoms with van der Waals surface area (Å²) < 4.78 is 2.18. The van der Waals surface area contributed by atoms with Crippen LogP contribution in [0.2, 0.25) is 0 Å². The molecule has 0 atom stereocenters. The third-order valence-electron chi connectivity index (χ3n) is 2.66. The predicted octanol–water partition coefficient (Wildman–Crippen LogP) is 2.33. The molecule has 0 saturated carbocycles. The molecule has 0 spiro atoms. The number of imidazole rings is 1. The maximum absolute atomic E-state index is 4.48. The zero-order valence-corrected chi connectivity index (χ0v) is 10.4. The number of hydrogen-bond acceptors (Lipinski definition) is 3. The molecule has 2 aromatic rings. The van der Waals surface area contributed by atoms with Crippen LogP contribution in [0.3, 0.4) is 0 Å². The van der Waals surface area contributed by atoms with Crippen LogP contribution in [0.25, 0.3) is 0 Å². The first-order valence-corrected chi connectivity index (χ1v) is 6.05. The number of H-pyrrole nitrogens is 1. The summed E-state index contributed by atoms with van der Waals surface area (Å²) in [4.78, 5) is 4.48. The van der Waals surface area contributed by atoms with Crippen molar-refractivity contribution in [2.24, 2.45) is 0 Å². The molecule has 92 valence electrons. The molecule has 0 aliphatic carbocycles. The molecule has 0 fully saturated rings. The molecule has 2 aromatic heterocycles. The molecule has 0 unspecified atom stereocenters. The van der Waals surface area contributed by atoms with Gasteiger partial charge in [0.15, 0.2) is 0 Å². The van der Waals surface area contributed by atoms with Crippen LogP contribution >= 0.6 is 0 Å². The Morgan fingerprint density at radius 3 is 3.06 bits per heavy atom. The van der Waals surface area contributed by atoms with E-state index in [2.05, 4.69) is 38.2 Å². The van der Waals surface area contributed by atoms with Gasteiger partial charge in [-0.15, -0.1) is 0 Å². The van der Waals surface area contributed by atoms with Crippen molar-refractivity contribution in [2.75, 3.05) is 5.32 Å². The van der Waals surface area contributed by atoms with E-state index in [1.54, 1.807) is 0 Å². The third kappa shape index (κ3) is 3.09. The van der Waals surface area contributed by atoms with Crippen LogP contribution in [0.4, 0.5) is 5.95 Å². The van der Waals surface area contributed by atoms with Crippen LogP contribution in [0, 0.1) is 6.92 Å². The van der Waals surface area contributed by atoms with Gasteiger partial charge in [-0.3, -0.25) is 5.10 Å². The van der Waals surface area contributed by atoms with Gasteiger partial charge in [0, 0.05) is 31.0 Å². The van der Waals surface area contributed by atoms with Crippen molar-refractivity contribution >= 4 is 5.95 Å². The zero-order valence-electron chi connectivity index (χ0n) is 10.4. The van der Waals surface area contributed by atoms with Gasteiger partial charge in [0.2, 0.25) is 5.95 Å². The van der Waals surface area contributed by atoms with Gasteiger partial charge in [0.25, 0.3) is 0 Å². The van der Waals surface area contributed by atoms with Gasteiger partial charge in [0.1, 0.15) is 0 Å². The average Bonchev–Trinajstić information content (AvgIpc) is 2.93. The lowest BCUT2D eigenvalue weighted by atomic mass is 10.3. The van der Waals surface area contributed by atoms with E-state index in [4.69, 9.17) is 0 Å². The Morgan fingerprint density at radius 2 is 2.35 bits per heavy atom. The lowest BCUT2D eigenvalue weighted by Crippen LogP contribution is -2.07. The molecule has 0 amide bonds. The second-order valence-electron chi connectivity index (χ2n) is 4.21. The predicted molar refractivity (Wildman–Crippen MR) is 67.8 cm³/mol. The molecule has 0 radical (unpaired) electrons. The van der Waals surface area contributed by atoms with E-state index in [0.717, 1.165) is 30.3 Å². The molecule has 0 aliphatic rings. The third-order valence-corrected chi connectivity index (χ3v) is 2.66. The van der Waals surface area contributed by atoms with Gasteiger partial charge in [-0.05, 0) is 13.3 Å². The number of nitrogens with one attached hydrogen (secondary N) is 2. The smallest absolute Gasteiger partial charge is 0.203 e. The summed E-state index contributed by atoms with van der Waals surface area (Å²) in [5.41, 5.74) is 2.18. The van der Waals surface area contributed by atoms with Crippen molar-refractivity contribution in [2.45, 2.75) is 39.8 Å². The first-order valence-electron chi connectivity index (χ1n) is 6.05. The molecule has 5 heteroatoms. The quantitative estimate of drug-likeness (QED) is 0.805. The minimum atomic E-state index is 0.749. The summed E-state index contributed by atoms with van der Waals surface area (Å²) in [7, 11) is 0. The van der Waals surface area contributed by atoms with Crippen LogP contribution in [0.5, 0.6) is 0 Å². The van der Waals surface area contributed by atoms with Gasteiger partial charge in [0.05, 0.1) is 11.9 Å². The fourth-order valence-electron chi connectivity index (χ4n) is 1.74. The summed E-state index contributed by atoms with van der Waals surface area (Å²) in [6.07, 6.45) is 8.17. The van der Waals surface area contributed by atoms with Gasteiger partial charge in [-0.25, -0.2) is 4.98 Å². The van der Waals surface area contributed by atoms with Crippen molar-refractivity contribution in [3.8, 4) is 0 Å². The normalized spacial score (nSPS) is 10.7. The molecule has 0 bridgehead atoms. The van der Waals surface area contributed by atoms with Crippen LogP contribution in [-0.4, -0.2) is 19.7 Å². The van der Waals surface area contributed by atoms with Crippen molar-refractivity contribution in [1.82, 2.24) is 19.7 Å². The maximum Gasteiger partial charge on any atom is 0.203 e. The largest absolute Gasteiger partial charge is 0.351 e. The van der Waals surface area contributed by atoms with Crippen LogP contribution in [0.1, 0.15) is 31.0 Å². The molecule has 2 N–H and O–H groups in total. The van der Waals surface area contributed by atoms with Gasteiger partial charge in [-0.2, -0.15) is 5.10 Å². The highest BCUT2D eigenvalue weighted by atomic mass is 15.2. The number of hydrogen-bond donors (Lipinski definition) is 2. The van der Waals surface area contributed by atoms with Crippen LogP contribution in [0.15, 0.2) is 18.6 Å². The highest BCUT2D eigenvalue weighted by Gasteiger charge is 2.04. The molecule has 0 saturated heterocycles. The fourth-order valence-corrected chi connectivity index (χ4v) is 1.74. The summed E-state index contributed by atoms with van der Waals surface area (Å²) in [5, 5.41) is 10.1. The SMILES string of the molecule is CCCCn1cc(C)nc1NCc1cn[nH]c1. The minimum absolute atomic E-state index is 0.749. The fraction of sp³-hybridized carbons (Fsp3) is 0.500. The molecule has 2 rings (SSSR count). The van der Waals surface area contributed by atoms with E-state index in [0.29, 0.717) is 0 Å². The molecule has 5 nitrogen and oxygen atoms in total. The second kappa shape index (κ2) is 5.52. The molecule has 0 aromatic carbocycles. The number of aryl methyl sites for hydroxylation is 2. The Labute approximate surface area is 101 Å². The van der Waals surface area contributed by atoms with E-state index in [9.17, 15) is 0 Å². The number of nitrogens with zero attached hydrogens (tertiary/aromatic N) is 3. The number of anilines is 1. The number of aromatic amines is 1. The van der Waals surface area contributed by atoms with E-state index < -0.39 is 0 Å². The van der Waals surface area contributed by atoms with Gasteiger partial charge in [-0.1, -0.05) is 13.3 Å². The van der Waals surface area contributed by atoms with Crippen molar-refractivity contribution < 1.29 is 0 Å². The number of aromatic nitrogens is 4. The molecular weight excluding hydrogens is 214 g/mol. The summed E-state index contributed by atoms with van der Waals surface area (Å²) in [5.74, 6) is 0.942. The van der Waals surface area contributed by atoms with E-state index in [1.807, 2.05) is 19.3 Å². The van der Waals surface area contributed by atoms with Crippen molar-refractivity contribution in [3.05, 3.63) is 29.8 Å². The first-order chi connectivity index (χ1) is 8.29. The Balaban J connectivity index is 1.99. The van der Waals surface area contributed by atoms with Crippen LogP contribution in [-0.2, 0) is 13.1 Å². The topological polar surface area (TPSA) is 58.5 Å². The maximum atomic E-state index is 4.48. The Morgan fingerprint density at radius 1 is 1.47 bits per heavy atom. The number of unbranched alkanes of at least 4 members (excludes halogenated alkanes) is 1. The molecule has 2 heterocycles.